The van der Waals surface area contributed by atoms with E-state index in [0.717, 1.165) is 23.8 Å². The molecule has 22 heavy (non-hydrogen) atoms. The number of rotatable bonds is 3. The summed E-state index contributed by atoms with van der Waals surface area (Å²) in [6.45, 7) is 3.63. The average molecular weight is 300 g/mol. The molecule has 0 bridgehead atoms. The maximum Gasteiger partial charge on any atom is 0.304 e. The van der Waals surface area contributed by atoms with Gasteiger partial charge in [-0.05, 0) is 38.8 Å². The predicted molar refractivity (Wildman–Crippen MR) is 80.3 cm³/mol. The molecule has 1 aliphatic rings. The highest BCUT2D eigenvalue weighted by atomic mass is 16.4. The van der Waals surface area contributed by atoms with Crippen molar-refractivity contribution in [3.05, 3.63) is 29.2 Å². The van der Waals surface area contributed by atoms with E-state index in [1.807, 2.05) is 19.9 Å². The van der Waals surface area contributed by atoms with Crippen LogP contribution in [-0.2, 0) is 10.2 Å². The van der Waals surface area contributed by atoms with Gasteiger partial charge in [0, 0.05) is 16.4 Å². The Morgan fingerprint density at radius 3 is 2.32 bits per heavy atom. The molecule has 1 aliphatic carbocycles. The van der Waals surface area contributed by atoms with Gasteiger partial charge in [-0.1, -0.05) is 0 Å². The molecular weight excluding hydrogens is 284 g/mol. The minimum atomic E-state index is -0.824. The summed E-state index contributed by atoms with van der Waals surface area (Å²) in [7, 11) is 0. The Hall–Kier alpha value is -2.43. The zero-order valence-corrected chi connectivity index (χ0v) is 12.4. The summed E-state index contributed by atoms with van der Waals surface area (Å²) in [4.78, 5) is 11.3. The standard InChI is InChI=1S/C17H16O5/c1-8-5-10-13(17(3-4-17)7-12(18)19)15-11(6-9(2)21-15)14(20)16(10)22-8/h5-6,20H,3-4,7H2,1-2H3,(H,18,19). The number of carboxylic acids is 1. The van der Waals surface area contributed by atoms with Crippen molar-refractivity contribution >= 4 is 27.9 Å². The summed E-state index contributed by atoms with van der Waals surface area (Å²) in [6, 6.07) is 3.62. The highest BCUT2D eigenvalue weighted by molar-refractivity contribution is 6.05. The van der Waals surface area contributed by atoms with Crippen molar-refractivity contribution in [2.45, 2.75) is 38.5 Å². The van der Waals surface area contributed by atoms with Crippen molar-refractivity contribution in [2.75, 3.05) is 0 Å². The summed E-state index contributed by atoms with van der Waals surface area (Å²) >= 11 is 0. The third-order valence-electron chi connectivity index (χ3n) is 4.55. The highest BCUT2D eigenvalue weighted by Crippen LogP contribution is 2.57. The quantitative estimate of drug-likeness (QED) is 0.763. The van der Waals surface area contributed by atoms with Gasteiger partial charge in [0.1, 0.15) is 17.1 Å². The van der Waals surface area contributed by atoms with Gasteiger partial charge < -0.3 is 19.0 Å². The van der Waals surface area contributed by atoms with Crippen LogP contribution in [0, 0.1) is 13.8 Å². The minimum Gasteiger partial charge on any atom is -0.504 e. The molecule has 3 aromatic rings. The van der Waals surface area contributed by atoms with Crippen LogP contribution in [0.2, 0.25) is 0 Å². The van der Waals surface area contributed by atoms with Gasteiger partial charge in [-0.25, -0.2) is 0 Å². The van der Waals surface area contributed by atoms with Crippen LogP contribution >= 0.6 is 0 Å². The molecule has 1 saturated carbocycles. The normalized spacial score (nSPS) is 16.5. The molecule has 5 nitrogen and oxygen atoms in total. The molecule has 5 heteroatoms. The highest BCUT2D eigenvalue weighted by Gasteiger charge is 2.49. The van der Waals surface area contributed by atoms with Crippen molar-refractivity contribution < 1.29 is 23.8 Å². The number of phenolic OH excluding ortho intramolecular Hbond substituents is 1. The first-order valence-electron chi connectivity index (χ1n) is 7.29. The van der Waals surface area contributed by atoms with E-state index < -0.39 is 11.4 Å². The fourth-order valence-electron chi connectivity index (χ4n) is 3.48. The SMILES string of the molecule is Cc1cc2c(C3(CC(=O)O)CC3)c3oc(C)cc3c(O)c2o1. The summed E-state index contributed by atoms with van der Waals surface area (Å²) in [6.07, 6.45) is 1.67. The molecule has 0 aliphatic heterocycles. The number of aliphatic carboxylic acids is 1. The van der Waals surface area contributed by atoms with Crippen molar-refractivity contribution in [3.63, 3.8) is 0 Å². The van der Waals surface area contributed by atoms with Gasteiger partial charge in [-0.2, -0.15) is 0 Å². The van der Waals surface area contributed by atoms with Crippen LogP contribution in [0.3, 0.4) is 0 Å². The van der Waals surface area contributed by atoms with E-state index in [-0.39, 0.29) is 12.2 Å². The fraction of sp³-hybridized carbons (Fsp3) is 0.353. The molecule has 0 amide bonds. The number of hydrogen-bond donors (Lipinski definition) is 2. The lowest BCUT2D eigenvalue weighted by Crippen LogP contribution is -2.13. The van der Waals surface area contributed by atoms with E-state index in [0.29, 0.717) is 28.1 Å². The number of fused-ring (bicyclic) bond motifs is 2. The number of carbonyl (C=O) groups is 1. The minimum absolute atomic E-state index is 0.0600. The number of carboxylic acid groups (broad SMARTS) is 1. The number of phenols is 1. The Morgan fingerprint density at radius 2 is 1.73 bits per heavy atom. The number of benzene rings is 1. The third-order valence-corrected chi connectivity index (χ3v) is 4.55. The summed E-state index contributed by atoms with van der Waals surface area (Å²) in [5.74, 6) is 0.601. The van der Waals surface area contributed by atoms with Gasteiger partial charge in [0.25, 0.3) is 0 Å². The lowest BCUT2D eigenvalue weighted by Gasteiger charge is -2.15. The molecule has 114 valence electrons. The zero-order chi connectivity index (χ0) is 15.6. The second kappa shape index (κ2) is 4.06. The lowest BCUT2D eigenvalue weighted by molar-refractivity contribution is -0.137. The number of aryl methyl sites for hydroxylation is 2. The van der Waals surface area contributed by atoms with Gasteiger partial charge in [-0.15, -0.1) is 0 Å². The van der Waals surface area contributed by atoms with Gasteiger partial charge in [0.15, 0.2) is 11.3 Å². The van der Waals surface area contributed by atoms with Crippen molar-refractivity contribution in [3.8, 4) is 5.75 Å². The molecular formula is C17H16O5. The van der Waals surface area contributed by atoms with E-state index in [2.05, 4.69) is 0 Å². The first-order chi connectivity index (χ1) is 10.4. The zero-order valence-electron chi connectivity index (χ0n) is 12.4. The molecule has 1 fully saturated rings. The molecule has 2 heterocycles. The van der Waals surface area contributed by atoms with E-state index in [9.17, 15) is 15.0 Å². The Morgan fingerprint density at radius 1 is 1.14 bits per heavy atom. The van der Waals surface area contributed by atoms with Crippen LogP contribution in [0.15, 0.2) is 21.0 Å². The Balaban J connectivity index is 2.13. The predicted octanol–water partition coefficient (Wildman–Crippen LogP) is 4.01. The maximum atomic E-state index is 11.3. The van der Waals surface area contributed by atoms with E-state index in [1.165, 1.54) is 0 Å². The van der Waals surface area contributed by atoms with E-state index in [1.54, 1.807) is 6.07 Å². The van der Waals surface area contributed by atoms with Crippen molar-refractivity contribution in [1.29, 1.82) is 0 Å². The monoisotopic (exact) mass is 300 g/mol. The van der Waals surface area contributed by atoms with Crippen molar-refractivity contribution in [1.82, 2.24) is 0 Å². The summed E-state index contributed by atoms with van der Waals surface area (Å²) < 4.78 is 11.5. The largest absolute Gasteiger partial charge is 0.504 e. The van der Waals surface area contributed by atoms with Gasteiger partial charge in [0.05, 0.1) is 11.8 Å². The molecule has 2 aromatic heterocycles. The Kier molecular flexibility index (Phi) is 2.45. The van der Waals surface area contributed by atoms with Crippen molar-refractivity contribution in [2.24, 2.45) is 0 Å². The van der Waals surface area contributed by atoms with Gasteiger partial charge in [0.2, 0.25) is 0 Å². The first kappa shape index (κ1) is 13.2. The van der Waals surface area contributed by atoms with Crippen LogP contribution in [0.25, 0.3) is 21.9 Å². The van der Waals surface area contributed by atoms with Gasteiger partial charge >= 0.3 is 5.97 Å². The topological polar surface area (TPSA) is 83.8 Å². The smallest absolute Gasteiger partial charge is 0.304 e. The fourth-order valence-corrected chi connectivity index (χ4v) is 3.48. The Labute approximate surface area is 126 Å². The molecule has 2 N–H and O–H groups in total. The van der Waals surface area contributed by atoms with E-state index >= 15 is 0 Å². The molecule has 0 saturated heterocycles. The summed E-state index contributed by atoms with van der Waals surface area (Å²) in [5, 5.41) is 21.1. The van der Waals surface area contributed by atoms with Crippen LogP contribution in [0.5, 0.6) is 5.75 Å². The second-order valence-corrected chi connectivity index (χ2v) is 6.27. The third kappa shape index (κ3) is 1.68. The Bertz CT molecular complexity index is 866. The van der Waals surface area contributed by atoms with Crippen LogP contribution in [0.4, 0.5) is 0 Å². The summed E-state index contributed by atoms with van der Waals surface area (Å²) in [5.41, 5.74) is 1.44. The second-order valence-electron chi connectivity index (χ2n) is 6.27. The maximum absolute atomic E-state index is 11.3. The van der Waals surface area contributed by atoms with E-state index in [4.69, 9.17) is 8.83 Å². The number of hydrogen-bond acceptors (Lipinski definition) is 4. The molecule has 0 unspecified atom stereocenters. The lowest BCUT2D eigenvalue weighted by atomic mass is 9.88. The molecule has 0 spiro atoms. The molecule has 0 radical (unpaired) electrons. The van der Waals surface area contributed by atoms with Crippen LogP contribution in [0.1, 0.15) is 36.3 Å². The molecule has 0 atom stereocenters. The van der Waals surface area contributed by atoms with Crippen LogP contribution < -0.4 is 0 Å². The number of aromatic hydroxyl groups is 1. The number of furan rings is 2. The molecule has 4 rings (SSSR count). The van der Waals surface area contributed by atoms with Gasteiger partial charge in [-0.3, -0.25) is 4.79 Å². The molecule has 1 aromatic carbocycles. The first-order valence-corrected chi connectivity index (χ1v) is 7.29. The average Bonchev–Trinajstić information content (AvgIpc) is 2.90. The van der Waals surface area contributed by atoms with Crippen LogP contribution in [-0.4, -0.2) is 16.2 Å².